The Kier molecular flexibility index (Phi) is 5.31. The number of amides is 2. The molecule has 0 spiro atoms. The molecule has 148 valence electrons. The van der Waals surface area contributed by atoms with E-state index in [9.17, 15) is 9.59 Å². The number of hydrogen-bond acceptors (Lipinski definition) is 4. The fraction of sp³-hybridized carbons (Fsp3) is 0.227. The third-order valence-corrected chi connectivity index (χ3v) is 5.89. The van der Waals surface area contributed by atoms with Crippen LogP contribution in [0.1, 0.15) is 38.4 Å². The van der Waals surface area contributed by atoms with Crippen LogP contribution in [0.15, 0.2) is 54.9 Å². The average Bonchev–Trinajstić information content (AvgIpc) is 3.40. The number of carbonyl (C=O) groups is 2. The zero-order chi connectivity index (χ0) is 20.4. The molecule has 1 aliphatic rings. The van der Waals surface area contributed by atoms with Gasteiger partial charge in [0.15, 0.2) is 0 Å². The van der Waals surface area contributed by atoms with E-state index in [1.54, 1.807) is 36.2 Å². The number of benzene rings is 1. The third kappa shape index (κ3) is 4.46. The molecular formula is C22H22N3O3S+. The predicted octanol–water partition coefficient (Wildman–Crippen LogP) is 3.21. The fourth-order valence-electron chi connectivity index (χ4n) is 2.91. The quantitative estimate of drug-likeness (QED) is 0.615. The molecule has 29 heavy (non-hydrogen) atoms. The van der Waals surface area contributed by atoms with Crippen LogP contribution in [-0.4, -0.2) is 25.0 Å². The molecule has 0 bridgehead atoms. The maximum atomic E-state index is 12.8. The molecule has 1 aliphatic carbocycles. The van der Waals surface area contributed by atoms with Crippen molar-refractivity contribution in [2.45, 2.75) is 25.8 Å². The Morgan fingerprint density at radius 3 is 2.72 bits per heavy atom. The molecule has 7 heteroatoms. The fourth-order valence-corrected chi connectivity index (χ4v) is 3.80. The van der Waals surface area contributed by atoms with Gasteiger partial charge >= 0.3 is 0 Å². The van der Waals surface area contributed by atoms with Crippen molar-refractivity contribution in [2.24, 2.45) is 0 Å². The number of aryl methyl sites for hydroxylation is 1. The highest BCUT2D eigenvalue weighted by atomic mass is 32.1. The second-order valence-corrected chi connectivity index (χ2v) is 8.11. The summed E-state index contributed by atoms with van der Waals surface area (Å²) in [4.78, 5) is 31.8. The third-order valence-electron chi connectivity index (χ3n) is 4.76. The Bertz CT molecular complexity index is 1070. The van der Waals surface area contributed by atoms with Gasteiger partial charge in [-0.3, -0.25) is 14.4 Å². The molecule has 3 aromatic rings. The number of carbonyl (C=O) groups excluding carboxylic acids is 2. The molecule has 1 fully saturated rings. The molecule has 1 saturated carbocycles. The van der Waals surface area contributed by atoms with Crippen LogP contribution in [0.5, 0.6) is 0 Å². The van der Waals surface area contributed by atoms with Crippen LogP contribution in [0.4, 0.5) is 5.69 Å². The van der Waals surface area contributed by atoms with Gasteiger partial charge in [-0.05, 0) is 55.7 Å². The molecule has 4 rings (SSSR count). The Morgan fingerprint density at radius 1 is 1.14 bits per heavy atom. The standard InChI is InChI=1S/C22H21N3O3S/c1-14-5-6-15(21(26)23-17-7-8-17)12-18(14)24-22(27)20-10-9-19(29-20)16-4-3-11-25(13-16)28-2/h3-6,9-13,17H,7-8H2,1-2H3,(H-,23,24,26,27)/p+1. The van der Waals surface area contributed by atoms with Gasteiger partial charge in [0.2, 0.25) is 12.4 Å². The monoisotopic (exact) mass is 408 g/mol. The molecule has 2 N–H and O–H groups in total. The molecule has 0 radical (unpaired) electrons. The lowest BCUT2D eigenvalue weighted by Crippen LogP contribution is -2.39. The molecule has 0 aliphatic heterocycles. The van der Waals surface area contributed by atoms with Crippen molar-refractivity contribution in [3.8, 4) is 10.4 Å². The molecule has 1 aromatic carbocycles. The second kappa shape index (κ2) is 8.05. The van der Waals surface area contributed by atoms with Crippen LogP contribution in [-0.2, 0) is 0 Å². The summed E-state index contributed by atoms with van der Waals surface area (Å²) in [6.07, 6.45) is 5.74. The van der Waals surface area contributed by atoms with E-state index in [4.69, 9.17) is 4.84 Å². The van der Waals surface area contributed by atoms with E-state index in [1.165, 1.54) is 11.3 Å². The van der Waals surface area contributed by atoms with Crippen molar-refractivity contribution in [1.82, 2.24) is 5.32 Å². The zero-order valence-electron chi connectivity index (χ0n) is 16.3. The number of pyridine rings is 1. The van der Waals surface area contributed by atoms with Gasteiger partial charge < -0.3 is 10.6 Å². The van der Waals surface area contributed by atoms with Crippen molar-refractivity contribution in [1.29, 1.82) is 0 Å². The summed E-state index contributed by atoms with van der Waals surface area (Å²) in [6.45, 7) is 1.91. The number of thiophene rings is 1. The van der Waals surface area contributed by atoms with Crippen molar-refractivity contribution in [3.05, 3.63) is 70.9 Å². The first-order valence-corrected chi connectivity index (χ1v) is 10.2. The lowest BCUT2D eigenvalue weighted by atomic mass is 10.1. The van der Waals surface area contributed by atoms with Crippen LogP contribution >= 0.6 is 11.3 Å². The van der Waals surface area contributed by atoms with Crippen LogP contribution in [0.3, 0.4) is 0 Å². The SMILES string of the molecule is CO[n+]1cccc(-c2ccc(C(=O)Nc3cc(C(=O)NC4CC4)ccc3C)s2)c1. The zero-order valence-corrected chi connectivity index (χ0v) is 17.1. The van der Waals surface area contributed by atoms with Crippen LogP contribution < -0.4 is 20.2 Å². The predicted molar refractivity (Wildman–Crippen MR) is 112 cm³/mol. The molecule has 0 unspecified atom stereocenters. The summed E-state index contributed by atoms with van der Waals surface area (Å²) in [7, 11) is 1.60. The molecule has 6 nitrogen and oxygen atoms in total. The molecule has 2 aromatic heterocycles. The van der Waals surface area contributed by atoms with Gasteiger partial charge in [0.25, 0.3) is 11.8 Å². The number of anilines is 1. The van der Waals surface area contributed by atoms with Gasteiger partial charge in [-0.15, -0.1) is 11.3 Å². The van der Waals surface area contributed by atoms with Gasteiger partial charge in [-0.1, -0.05) is 6.07 Å². The van der Waals surface area contributed by atoms with Gasteiger partial charge in [0.1, 0.15) is 7.11 Å². The molecule has 2 heterocycles. The largest absolute Gasteiger partial charge is 0.349 e. The number of nitrogens with zero attached hydrogens (tertiary/aromatic N) is 1. The first-order chi connectivity index (χ1) is 14.0. The first-order valence-electron chi connectivity index (χ1n) is 9.42. The van der Waals surface area contributed by atoms with E-state index in [0.717, 1.165) is 28.8 Å². The van der Waals surface area contributed by atoms with E-state index in [1.807, 2.05) is 37.4 Å². The summed E-state index contributed by atoms with van der Waals surface area (Å²) in [5, 5.41) is 5.91. The van der Waals surface area contributed by atoms with E-state index in [0.29, 0.717) is 22.2 Å². The van der Waals surface area contributed by atoms with Gasteiger partial charge in [-0.2, -0.15) is 0 Å². The van der Waals surface area contributed by atoms with Gasteiger partial charge in [0, 0.05) is 33.0 Å². The Hall–Kier alpha value is -3.19. The normalized spacial score (nSPS) is 13.0. The van der Waals surface area contributed by atoms with Gasteiger partial charge in [-0.25, -0.2) is 0 Å². The number of nitrogens with one attached hydrogen (secondary N) is 2. The minimum Gasteiger partial charge on any atom is -0.349 e. The highest BCUT2D eigenvalue weighted by molar-refractivity contribution is 7.17. The average molecular weight is 409 g/mol. The van der Waals surface area contributed by atoms with E-state index >= 15 is 0 Å². The van der Waals surface area contributed by atoms with Crippen molar-refractivity contribution in [2.75, 3.05) is 12.4 Å². The Balaban J connectivity index is 1.50. The maximum absolute atomic E-state index is 12.8. The second-order valence-electron chi connectivity index (χ2n) is 7.03. The lowest BCUT2D eigenvalue weighted by Gasteiger charge is -2.10. The minimum atomic E-state index is -0.195. The van der Waals surface area contributed by atoms with Crippen molar-refractivity contribution < 1.29 is 19.2 Å². The highest BCUT2D eigenvalue weighted by Gasteiger charge is 2.24. The van der Waals surface area contributed by atoms with E-state index in [-0.39, 0.29) is 11.8 Å². The summed E-state index contributed by atoms with van der Waals surface area (Å²) >= 11 is 1.41. The number of hydrogen-bond donors (Lipinski definition) is 2. The smallest absolute Gasteiger partial charge is 0.265 e. The Morgan fingerprint density at radius 2 is 1.97 bits per heavy atom. The molecule has 2 amide bonds. The molecule has 0 atom stereocenters. The van der Waals surface area contributed by atoms with E-state index in [2.05, 4.69) is 10.6 Å². The molecular weight excluding hydrogens is 386 g/mol. The summed E-state index contributed by atoms with van der Waals surface area (Å²) < 4.78 is 1.61. The number of rotatable bonds is 6. The van der Waals surface area contributed by atoms with Crippen LogP contribution in [0.25, 0.3) is 10.4 Å². The Labute approximate surface area is 173 Å². The van der Waals surface area contributed by atoms with Crippen molar-refractivity contribution in [3.63, 3.8) is 0 Å². The number of aromatic nitrogens is 1. The van der Waals surface area contributed by atoms with Crippen molar-refractivity contribution >= 4 is 28.8 Å². The van der Waals surface area contributed by atoms with Crippen LogP contribution in [0.2, 0.25) is 0 Å². The summed E-state index contributed by atoms with van der Waals surface area (Å²) in [6, 6.07) is 13.2. The van der Waals surface area contributed by atoms with E-state index < -0.39 is 0 Å². The highest BCUT2D eigenvalue weighted by Crippen LogP contribution is 2.28. The van der Waals surface area contributed by atoms with Gasteiger partial charge in [0.05, 0.1) is 10.4 Å². The maximum Gasteiger partial charge on any atom is 0.265 e. The topological polar surface area (TPSA) is 71.3 Å². The summed E-state index contributed by atoms with van der Waals surface area (Å²) in [5.41, 5.74) is 3.07. The molecule has 0 saturated heterocycles. The summed E-state index contributed by atoms with van der Waals surface area (Å²) in [5.74, 6) is -0.295. The first kappa shape index (κ1) is 19.1. The minimum absolute atomic E-state index is 0.100. The lowest BCUT2D eigenvalue weighted by molar-refractivity contribution is -0.885. The van der Waals surface area contributed by atoms with Crippen LogP contribution in [0, 0.1) is 6.92 Å².